The second-order valence-electron chi connectivity index (χ2n) is 7.82. The van der Waals surface area contributed by atoms with E-state index < -0.39 is 5.91 Å². The fraction of sp³-hybridized carbons (Fsp3) is 0.435. The lowest BCUT2D eigenvalue weighted by molar-refractivity contribution is -0.114. The fourth-order valence-electron chi connectivity index (χ4n) is 3.42. The minimum absolute atomic E-state index is 0.0920. The molecule has 0 saturated heterocycles. The van der Waals surface area contributed by atoms with Crippen LogP contribution in [0.3, 0.4) is 0 Å². The molecule has 0 aliphatic heterocycles. The molecule has 0 atom stereocenters. The number of nitrogens with zero attached hydrogens (tertiary/aromatic N) is 2. The van der Waals surface area contributed by atoms with Crippen LogP contribution in [0.25, 0.3) is 0 Å². The second kappa shape index (κ2) is 12.6. The van der Waals surface area contributed by atoms with Crippen LogP contribution in [0.15, 0.2) is 41.0 Å². The molecule has 166 valence electrons. The van der Waals surface area contributed by atoms with Crippen LogP contribution in [0.4, 0.5) is 5.69 Å². The Morgan fingerprint density at radius 1 is 1.13 bits per heavy atom. The van der Waals surface area contributed by atoms with Crippen molar-refractivity contribution in [2.45, 2.75) is 63.1 Å². The van der Waals surface area contributed by atoms with E-state index in [4.69, 9.17) is 28.3 Å². The fourth-order valence-corrected chi connectivity index (χ4v) is 3.54. The zero-order valence-corrected chi connectivity index (χ0v) is 18.6. The summed E-state index contributed by atoms with van der Waals surface area (Å²) in [5.74, 6) is -0.510. The van der Waals surface area contributed by atoms with Crippen LogP contribution in [0, 0.1) is 24.7 Å². The first-order chi connectivity index (χ1) is 14.8. The van der Waals surface area contributed by atoms with Crippen LogP contribution in [0.5, 0.6) is 0 Å². The van der Waals surface area contributed by atoms with E-state index in [1.807, 2.05) is 0 Å². The van der Waals surface area contributed by atoms with Gasteiger partial charge >= 0.3 is 0 Å². The van der Waals surface area contributed by atoms with Crippen molar-refractivity contribution in [3.8, 4) is 19.4 Å². The summed E-state index contributed by atoms with van der Waals surface area (Å²) in [6, 6.07) is 7.80. The molecule has 2 aliphatic rings. The number of hydrogen-bond donors (Lipinski definition) is 4. The third-order valence-corrected chi connectivity index (χ3v) is 5.61. The van der Waals surface area contributed by atoms with Crippen LogP contribution in [-0.4, -0.2) is 29.4 Å². The zero-order chi connectivity index (χ0) is 23.4. The van der Waals surface area contributed by atoms with Gasteiger partial charge in [0.05, 0.1) is 11.3 Å². The summed E-state index contributed by atoms with van der Waals surface area (Å²) in [5, 5.41) is 14.2. The maximum Gasteiger partial charge on any atom is 0.253 e. The normalized spacial score (nSPS) is 22.0. The Kier molecular flexibility index (Phi) is 10.6. The molecule has 6 N–H and O–H groups in total. The molecule has 7 nitrogen and oxygen atoms in total. The van der Waals surface area contributed by atoms with E-state index >= 15 is 0 Å². The number of amidine groups is 1. The molecule has 0 aromatic heterocycles. The number of nitrogens with two attached hydrogens (primary N) is 2. The number of primary amides is 1. The minimum atomic E-state index is -0.602. The Balaban J connectivity index is 0.00000113. The van der Waals surface area contributed by atoms with E-state index in [1.165, 1.54) is 12.8 Å². The number of rotatable bonds is 7. The second-order valence-corrected chi connectivity index (χ2v) is 8.25. The lowest BCUT2D eigenvalue weighted by Gasteiger charge is -2.31. The van der Waals surface area contributed by atoms with Crippen LogP contribution in [0.1, 0.15) is 45.4 Å². The summed E-state index contributed by atoms with van der Waals surface area (Å²) in [7, 11) is 0. The van der Waals surface area contributed by atoms with Crippen LogP contribution < -0.4 is 22.1 Å². The average Bonchev–Trinajstić information content (AvgIpc) is 3.50. The minimum Gasteiger partial charge on any atom is -0.387 e. The summed E-state index contributed by atoms with van der Waals surface area (Å²) in [5.41, 5.74) is 12.7. The molecule has 3 rings (SSSR count). The number of carbonyl (C=O) groups is 1. The molecular weight excluding hydrogens is 412 g/mol. The van der Waals surface area contributed by atoms with Crippen molar-refractivity contribution in [3.05, 3.63) is 41.1 Å². The van der Waals surface area contributed by atoms with Gasteiger partial charge in [0, 0.05) is 35.4 Å². The van der Waals surface area contributed by atoms with Crippen LogP contribution in [0.2, 0.25) is 5.02 Å². The van der Waals surface area contributed by atoms with Gasteiger partial charge in [-0.3, -0.25) is 4.79 Å². The van der Waals surface area contributed by atoms with Crippen molar-refractivity contribution in [2.24, 2.45) is 16.5 Å². The van der Waals surface area contributed by atoms with Gasteiger partial charge in [-0.2, -0.15) is 0 Å². The standard InChI is InChI=1S/C20H28ClN5O.C2H2.CHN/c1-20(10-11-20)26-16-8-6-14(7-9-16)24-12-17(19(23)27)18(22)25-15-4-2-13(21)3-5-15;2*1-2/h2-5,12,14,16,24,26H,6-11H2,1H3,(H2,22,25)(H2,23,27);1-2H;1H/b17-12+;;. The highest BCUT2D eigenvalue weighted by Crippen LogP contribution is 2.36. The Hall–Kier alpha value is -3.00. The lowest BCUT2D eigenvalue weighted by atomic mass is 9.90. The van der Waals surface area contributed by atoms with E-state index in [-0.39, 0.29) is 11.4 Å². The van der Waals surface area contributed by atoms with E-state index in [2.05, 4.69) is 42.0 Å². The highest BCUT2D eigenvalue weighted by Gasteiger charge is 2.39. The number of amides is 1. The maximum atomic E-state index is 11.8. The van der Waals surface area contributed by atoms with Crippen molar-refractivity contribution < 1.29 is 4.79 Å². The number of carbonyl (C=O) groups excluding carboxylic acids is 1. The molecule has 2 fully saturated rings. The Morgan fingerprint density at radius 2 is 1.65 bits per heavy atom. The van der Waals surface area contributed by atoms with E-state index in [1.54, 1.807) is 30.5 Å². The number of nitriles is 1. The summed E-state index contributed by atoms with van der Waals surface area (Å²) < 4.78 is 0. The summed E-state index contributed by atoms with van der Waals surface area (Å²) in [6.45, 7) is 5.79. The molecule has 0 bridgehead atoms. The molecule has 31 heavy (non-hydrogen) atoms. The van der Waals surface area contributed by atoms with Gasteiger partial charge in [-0.15, -0.1) is 12.8 Å². The summed E-state index contributed by atoms with van der Waals surface area (Å²) >= 11 is 5.87. The summed E-state index contributed by atoms with van der Waals surface area (Å²) in [6.07, 6.45) is 16.5. The quantitative estimate of drug-likeness (QED) is 0.223. The van der Waals surface area contributed by atoms with E-state index in [0.717, 1.165) is 25.7 Å². The number of halogens is 1. The molecule has 0 radical (unpaired) electrons. The Morgan fingerprint density at radius 3 is 2.13 bits per heavy atom. The highest BCUT2D eigenvalue weighted by atomic mass is 35.5. The van der Waals surface area contributed by atoms with Crippen molar-refractivity contribution in [1.82, 2.24) is 10.6 Å². The van der Waals surface area contributed by atoms with Gasteiger partial charge in [0.1, 0.15) is 5.84 Å². The molecule has 8 heteroatoms. The maximum absolute atomic E-state index is 11.8. The molecule has 1 aromatic rings. The topological polar surface area (TPSA) is 129 Å². The van der Waals surface area contributed by atoms with Gasteiger partial charge < -0.3 is 22.1 Å². The molecule has 1 aromatic carbocycles. The van der Waals surface area contributed by atoms with Crippen molar-refractivity contribution in [1.29, 1.82) is 5.26 Å². The Labute approximate surface area is 189 Å². The SMILES string of the molecule is C#C.C#N.CC1(NC2CCC(N/C=C(/C(N)=O)C(N)=Nc3ccc(Cl)cc3)CC2)CC1. The van der Waals surface area contributed by atoms with Crippen LogP contribution in [-0.2, 0) is 4.79 Å². The predicted molar refractivity (Wildman–Crippen MR) is 127 cm³/mol. The number of terminal acetylenes is 1. The molecule has 1 amide bonds. The molecule has 0 spiro atoms. The third-order valence-electron chi connectivity index (χ3n) is 5.36. The molecule has 0 unspecified atom stereocenters. The van der Waals surface area contributed by atoms with Gasteiger partial charge in [-0.25, -0.2) is 10.3 Å². The number of nitrogens with one attached hydrogen (secondary N) is 2. The molecular formula is C23H31ClN6O. The third kappa shape index (κ3) is 8.72. The van der Waals surface area contributed by atoms with E-state index in [9.17, 15) is 4.79 Å². The number of hydrogen-bond acceptors (Lipinski definition) is 5. The van der Waals surface area contributed by atoms with Crippen molar-refractivity contribution in [2.75, 3.05) is 0 Å². The molecule has 0 heterocycles. The van der Waals surface area contributed by atoms with Gasteiger partial charge in [-0.05, 0) is 69.7 Å². The average molecular weight is 443 g/mol. The van der Waals surface area contributed by atoms with Gasteiger partial charge in [0.2, 0.25) is 0 Å². The Bertz CT molecular complexity index is 809. The van der Waals surface area contributed by atoms with Gasteiger partial charge in [-0.1, -0.05) is 11.6 Å². The van der Waals surface area contributed by atoms with E-state index in [0.29, 0.717) is 28.3 Å². The van der Waals surface area contributed by atoms with Crippen molar-refractivity contribution >= 4 is 29.0 Å². The van der Waals surface area contributed by atoms with Crippen LogP contribution >= 0.6 is 11.6 Å². The molecule has 2 aliphatic carbocycles. The van der Waals surface area contributed by atoms with Gasteiger partial charge in [0.15, 0.2) is 0 Å². The first-order valence-electron chi connectivity index (χ1n) is 10.1. The largest absolute Gasteiger partial charge is 0.387 e. The zero-order valence-electron chi connectivity index (χ0n) is 17.9. The number of benzene rings is 1. The van der Waals surface area contributed by atoms with Gasteiger partial charge in [0.25, 0.3) is 5.91 Å². The summed E-state index contributed by atoms with van der Waals surface area (Å²) in [4.78, 5) is 16.1. The smallest absolute Gasteiger partial charge is 0.253 e. The van der Waals surface area contributed by atoms with Crippen molar-refractivity contribution in [3.63, 3.8) is 0 Å². The first kappa shape index (κ1) is 26.0. The predicted octanol–water partition coefficient (Wildman–Crippen LogP) is 3.13. The first-order valence-corrected chi connectivity index (χ1v) is 10.5. The highest BCUT2D eigenvalue weighted by molar-refractivity contribution is 6.30. The lowest BCUT2D eigenvalue weighted by Crippen LogP contribution is -2.43. The number of aliphatic imine (C=N–C) groups is 1. The monoisotopic (exact) mass is 442 g/mol. The molecule has 2 saturated carbocycles.